The first-order valence-corrected chi connectivity index (χ1v) is 14.8. The predicted octanol–water partition coefficient (Wildman–Crippen LogP) is 9.12. The lowest BCUT2D eigenvalue weighted by molar-refractivity contribution is -0.128. The Balaban J connectivity index is 1.41. The minimum absolute atomic E-state index is 0.132. The number of ketones is 1. The molecule has 0 aliphatic carbocycles. The van der Waals surface area contributed by atoms with E-state index in [1.165, 1.54) is 37.8 Å². The zero-order valence-electron chi connectivity index (χ0n) is 24.3. The molecule has 0 saturated carbocycles. The Bertz CT molecular complexity index is 1240. The van der Waals surface area contributed by atoms with Gasteiger partial charge in [-0.3, -0.25) is 4.79 Å². The fourth-order valence-electron chi connectivity index (χ4n) is 4.06. The minimum Gasteiger partial charge on any atom is -0.494 e. The fourth-order valence-corrected chi connectivity index (χ4v) is 4.06. The van der Waals surface area contributed by atoms with Gasteiger partial charge >= 0.3 is 5.97 Å². The van der Waals surface area contributed by atoms with Gasteiger partial charge in [-0.25, -0.2) is 4.79 Å². The molecule has 0 atom stereocenters. The molecule has 0 unspecified atom stereocenters. The molecule has 0 aromatic heterocycles. The van der Waals surface area contributed by atoms with Gasteiger partial charge < -0.3 is 14.2 Å². The van der Waals surface area contributed by atoms with Crippen LogP contribution in [0.2, 0.25) is 0 Å². The number of unbranched alkanes of at least 4 members (excludes halogenated alkanes) is 6. The molecule has 41 heavy (non-hydrogen) atoms. The van der Waals surface area contributed by atoms with E-state index in [1.807, 2.05) is 48.5 Å². The average molecular weight is 555 g/mol. The van der Waals surface area contributed by atoms with Crippen LogP contribution in [0.5, 0.6) is 17.2 Å². The largest absolute Gasteiger partial charge is 0.494 e. The van der Waals surface area contributed by atoms with E-state index in [9.17, 15) is 9.59 Å². The van der Waals surface area contributed by atoms with Crippen molar-refractivity contribution in [2.24, 2.45) is 0 Å². The van der Waals surface area contributed by atoms with Crippen LogP contribution in [-0.4, -0.2) is 25.0 Å². The second kappa shape index (κ2) is 18.3. The highest BCUT2D eigenvalue weighted by atomic mass is 16.5. The van der Waals surface area contributed by atoms with Crippen LogP contribution < -0.4 is 14.2 Å². The third kappa shape index (κ3) is 12.3. The SMILES string of the molecule is CCCCCCCOc1ccc(/C=C/C(=O)c2ccc(OC(=O)/C=C/c3ccc(OCCCCC)cc3)cc2)cc1. The van der Waals surface area contributed by atoms with Gasteiger partial charge in [0.15, 0.2) is 5.78 Å². The summed E-state index contributed by atoms with van der Waals surface area (Å²) in [4.78, 5) is 24.8. The lowest BCUT2D eigenvalue weighted by Crippen LogP contribution is -2.04. The van der Waals surface area contributed by atoms with Gasteiger partial charge in [-0.15, -0.1) is 0 Å². The van der Waals surface area contributed by atoms with E-state index in [4.69, 9.17) is 14.2 Å². The van der Waals surface area contributed by atoms with Crippen molar-refractivity contribution < 1.29 is 23.8 Å². The number of carbonyl (C=O) groups is 2. The monoisotopic (exact) mass is 554 g/mol. The number of ether oxygens (including phenoxy) is 3. The maximum atomic E-state index is 12.6. The van der Waals surface area contributed by atoms with Crippen LogP contribution in [0.25, 0.3) is 12.2 Å². The Morgan fingerprint density at radius 1 is 0.561 bits per heavy atom. The highest BCUT2D eigenvalue weighted by Gasteiger charge is 2.05. The van der Waals surface area contributed by atoms with E-state index in [1.54, 1.807) is 36.4 Å². The second-order valence-electron chi connectivity index (χ2n) is 9.93. The Kier molecular flexibility index (Phi) is 14.0. The third-order valence-corrected chi connectivity index (χ3v) is 6.49. The van der Waals surface area contributed by atoms with Gasteiger partial charge in [0.2, 0.25) is 0 Å². The highest BCUT2D eigenvalue weighted by molar-refractivity contribution is 6.06. The van der Waals surface area contributed by atoms with E-state index in [0.717, 1.165) is 54.9 Å². The molecule has 0 amide bonds. The molecular formula is C36H42O5. The average Bonchev–Trinajstić information content (AvgIpc) is 3.00. The molecule has 0 fully saturated rings. The van der Waals surface area contributed by atoms with Gasteiger partial charge in [0.1, 0.15) is 17.2 Å². The molecule has 3 aromatic carbocycles. The lowest BCUT2D eigenvalue weighted by atomic mass is 10.1. The van der Waals surface area contributed by atoms with Crippen LogP contribution in [0.15, 0.2) is 84.9 Å². The maximum Gasteiger partial charge on any atom is 0.336 e. The Hall–Kier alpha value is -4.12. The quantitative estimate of drug-likeness (QED) is 0.0516. The molecule has 0 radical (unpaired) electrons. The Morgan fingerprint density at radius 3 is 1.59 bits per heavy atom. The van der Waals surface area contributed by atoms with Crippen LogP contribution in [0.1, 0.15) is 86.7 Å². The number of benzene rings is 3. The van der Waals surface area contributed by atoms with Crippen molar-refractivity contribution in [3.8, 4) is 17.2 Å². The predicted molar refractivity (Wildman–Crippen MR) is 167 cm³/mol. The third-order valence-electron chi connectivity index (χ3n) is 6.49. The Morgan fingerprint density at radius 2 is 1.02 bits per heavy atom. The molecular weight excluding hydrogens is 512 g/mol. The first-order valence-electron chi connectivity index (χ1n) is 14.8. The summed E-state index contributed by atoms with van der Waals surface area (Å²) in [6, 6.07) is 21.8. The van der Waals surface area contributed by atoms with Crippen LogP contribution in [0.4, 0.5) is 0 Å². The van der Waals surface area contributed by atoms with Gasteiger partial charge in [-0.2, -0.15) is 0 Å². The molecule has 3 rings (SSSR count). The fraction of sp³-hybridized carbons (Fsp3) is 0.333. The van der Waals surface area contributed by atoms with Crippen LogP contribution in [0.3, 0.4) is 0 Å². The van der Waals surface area contributed by atoms with Crippen molar-refractivity contribution in [1.82, 2.24) is 0 Å². The first-order chi connectivity index (χ1) is 20.1. The molecule has 5 nitrogen and oxygen atoms in total. The summed E-state index contributed by atoms with van der Waals surface area (Å²) in [6.45, 7) is 5.81. The van der Waals surface area contributed by atoms with Crippen molar-refractivity contribution in [2.75, 3.05) is 13.2 Å². The van der Waals surface area contributed by atoms with E-state index in [2.05, 4.69) is 13.8 Å². The molecule has 0 bridgehead atoms. The van der Waals surface area contributed by atoms with Crippen molar-refractivity contribution in [3.05, 3.63) is 102 Å². The summed E-state index contributed by atoms with van der Waals surface area (Å²) >= 11 is 0. The maximum absolute atomic E-state index is 12.6. The van der Waals surface area contributed by atoms with Gasteiger partial charge in [0.05, 0.1) is 13.2 Å². The Labute approximate surface area is 244 Å². The molecule has 216 valence electrons. The molecule has 0 spiro atoms. The van der Waals surface area contributed by atoms with Crippen LogP contribution in [-0.2, 0) is 4.79 Å². The molecule has 0 aliphatic rings. The summed E-state index contributed by atoms with van der Waals surface area (Å²) in [5, 5.41) is 0. The van der Waals surface area contributed by atoms with Gasteiger partial charge in [0.25, 0.3) is 0 Å². The number of hydrogen-bond acceptors (Lipinski definition) is 5. The van der Waals surface area contributed by atoms with E-state index in [0.29, 0.717) is 17.9 Å². The number of carbonyl (C=O) groups excluding carboxylic acids is 2. The first kappa shape index (κ1) is 31.4. The second-order valence-corrected chi connectivity index (χ2v) is 9.93. The van der Waals surface area contributed by atoms with Crippen molar-refractivity contribution in [3.63, 3.8) is 0 Å². The molecule has 0 aliphatic heterocycles. The number of allylic oxidation sites excluding steroid dienone is 1. The van der Waals surface area contributed by atoms with E-state index >= 15 is 0 Å². The summed E-state index contributed by atoms with van der Waals surface area (Å²) in [6.07, 6.45) is 15.8. The highest BCUT2D eigenvalue weighted by Crippen LogP contribution is 2.17. The summed E-state index contributed by atoms with van der Waals surface area (Å²) in [5.41, 5.74) is 2.30. The molecule has 0 heterocycles. The van der Waals surface area contributed by atoms with Gasteiger partial charge in [-0.1, -0.05) is 82.7 Å². The zero-order valence-corrected chi connectivity index (χ0v) is 24.3. The van der Waals surface area contributed by atoms with Gasteiger partial charge in [0, 0.05) is 11.6 Å². The minimum atomic E-state index is -0.493. The van der Waals surface area contributed by atoms with Crippen molar-refractivity contribution >= 4 is 23.9 Å². The van der Waals surface area contributed by atoms with Crippen molar-refractivity contribution in [1.29, 1.82) is 0 Å². The number of esters is 1. The van der Waals surface area contributed by atoms with E-state index < -0.39 is 5.97 Å². The van der Waals surface area contributed by atoms with Crippen LogP contribution >= 0.6 is 0 Å². The normalized spacial score (nSPS) is 11.2. The number of hydrogen-bond donors (Lipinski definition) is 0. The smallest absolute Gasteiger partial charge is 0.336 e. The summed E-state index contributed by atoms with van der Waals surface area (Å²) in [7, 11) is 0. The van der Waals surface area contributed by atoms with Gasteiger partial charge in [-0.05, 0) is 84.7 Å². The molecule has 3 aromatic rings. The topological polar surface area (TPSA) is 61.8 Å². The van der Waals surface area contributed by atoms with Crippen LogP contribution in [0, 0.1) is 0 Å². The van der Waals surface area contributed by atoms with Crippen molar-refractivity contribution in [2.45, 2.75) is 65.2 Å². The lowest BCUT2D eigenvalue weighted by Gasteiger charge is -2.06. The molecule has 0 saturated heterocycles. The molecule has 0 N–H and O–H groups in total. The standard InChI is InChI=1S/C36H42O5/c1-3-5-7-8-10-28-40-33-19-11-29(12-20-33)15-25-35(37)31-17-23-34(24-18-31)41-36(38)26-16-30-13-21-32(22-14-30)39-27-9-6-4-2/h11-26H,3-10,27-28H2,1-2H3/b25-15+,26-16+. The zero-order chi connectivity index (χ0) is 29.1. The summed E-state index contributed by atoms with van der Waals surface area (Å²) in [5.74, 6) is 1.40. The number of rotatable bonds is 18. The summed E-state index contributed by atoms with van der Waals surface area (Å²) < 4.78 is 16.9. The molecule has 5 heteroatoms. The van der Waals surface area contributed by atoms with E-state index in [-0.39, 0.29) is 5.78 Å².